The molecule has 1 N–H and O–H groups in total. The summed E-state index contributed by atoms with van der Waals surface area (Å²) in [5.41, 5.74) is 2.81. The van der Waals surface area contributed by atoms with Crippen LogP contribution in [0.15, 0.2) is 84.9 Å². The normalized spacial score (nSPS) is 16.9. The first-order valence-corrected chi connectivity index (χ1v) is 11.0. The number of Topliss-reactive ketones (excluding diaryl/α,β-unsaturated/α-hetero) is 1. The summed E-state index contributed by atoms with van der Waals surface area (Å²) < 4.78 is 5.79. The fourth-order valence-electron chi connectivity index (χ4n) is 3.90. The fourth-order valence-corrected chi connectivity index (χ4v) is 3.90. The number of ether oxygens (including phenoxy) is 1. The van der Waals surface area contributed by atoms with Crippen LogP contribution in [0.3, 0.4) is 0 Å². The maximum atomic E-state index is 12.8. The lowest BCUT2D eigenvalue weighted by molar-refractivity contribution is -0.120. The Balaban J connectivity index is 1.34. The zero-order valence-corrected chi connectivity index (χ0v) is 18.1. The van der Waals surface area contributed by atoms with Gasteiger partial charge in [0.05, 0.1) is 0 Å². The van der Waals surface area contributed by atoms with E-state index in [9.17, 15) is 9.59 Å². The number of nitrogens with zero attached hydrogens (tertiary/aromatic N) is 1. The van der Waals surface area contributed by atoms with Gasteiger partial charge in [-0.25, -0.2) is 0 Å². The lowest BCUT2D eigenvalue weighted by Gasteiger charge is -2.24. The van der Waals surface area contributed by atoms with Crippen LogP contribution in [-0.2, 0) is 17.9 Å². The highest BCUT2D eigenvalue weighted by atomic mass is 16.5. The molecule has 0 spiro atoms. The molecule has 3 aromatic rings. The SMILES string of the molecule is O=C(NC1CN(Cc2ccccc2)CCCC1=O)c1ccc(OCc2ccccc2)cc1. The van der Waals surface area contributed by atoms with Gasteiger partial charge in [-0.15, -0.1) is 0 Å². The van der Waals surface area contributed by atoms with Crippen LogP contribution in [0.25, 0.3) is 0 Å². The number of carbonyl (C=O) groups excluding carboxylic acids is 2. The van der Waals surface area contributed by atoms with Crippen molar-refractivity contribution in [2.24, 2.45) is 0 Å². The summed E-state index contributed by atoms with van der Waals surface area (Å²) in [7, 11) is 0. The fraction of sp³-hybridized carbons (Fsp3) is 0.259. The van der Waals surface area contributed by atoms with Gasteiger partial charge in [-0.05, 0) is 48.4 Å². The van der Waals surface area contributed by atoms with Crippen molar-refractivity contribution in [3.8, 4) is 5.75 Å². The molecule has 0 aliphatic carbocycles. The number of amides is 1. The second-order valence-corrected chi connectivity index (χ2v) is 8.12. The Morgan fingerprint density at radius 3 is 2.25 bits per heavy atom. The zero-order valence-electron chi connectivity index (χ0n) is 18.1. The Labute approximate surface area is 189 Å². The molecular weight excluding hydrogens is 400 g/mol. The standard InChI is InChI=1S/C27H28N2O3/c30-26-12-7-17-29(18-21-8-3-1-4-9-21)19-25(26)28-27(31)23-13-15-24(16-14-23)32-20-22-10-5-2-6-11-22/h1-6,8-11,13-16,25H,7,12,17-20H2,(H,28,31). The molecule has 0 bridgehead atoms. The summed E-state index contributed by atoms with van der Waals surface area (Å²) in [6.45, 7) is 2.62. The molecule has 0 saturated carbocycles. The van der Waals surface area contributed by atoms with Crippen molar-refractivity contribution in [1.29, 1.82) is 0 Å². The second-order valence-electron chi connectivity index (χ2n) is 8.12. The van der Waals surface area contributed by atoms with E-state index in [0.717, 1.165) is 25.1 Å². The minimum absolute atomic E-state index is 0.0942. The lowest BCUT2D eigenvalue weighted by Crippen LogP contribution is -2.46. The third-order valence-electron chi connectivity index (χ3n) is 5.65. The summed E-state index contributed by atoms with van der Waals surface area (Å²) in [6, 6.07) is 26.7. The maximum Gasteiger partial charge on any atom is 0.251 e. The van der Waals surface area contributed by atoms with Gasteiger partial charge in [-0.3, -0.25) is 14.5 Å². The first kappa shape index (κ1) is 21.8. The molecule has 0 radical (unpaired) electrons. The quantitative estimate of drug-likeness (QED) is 0.612. The summed E-state index contributed by atoms with van der Waals surface area (Å²) in [6.07, 6.45) is 1.30. The number of ketones is 1. The van der Waals surface area contributed by atoms with Crippen LogP contribution in [0.1, 0.15) is 34.3 Å². The molecule has 3 aromatic carbocycles. The van der Waals surface area contributed by atoms with E-state index < -0.39 is 6.04 Å². The molecule has 1 atom stereocenters. The molecule has 164 valence electrons. The molecule has 1 aliphatic heterocycles. The molecule has 1 unspecified atom stereocenters. The number of rotatable bonds is 7. The minimum atomic E-state index is -0.497. The van der Waals surface area contributed by atoms with Gasteiger partial charge in [-0.2, -0.15) is 0 Å². The first-order valence-electron chi connectivity index (χ1n) is 11.0. The van der Waals surface area contributed by atoms with Crippen molar-refractivity contribution in [2.75, 3.05) is 13.1 Å². The van der Waals surface area contributed by atoms with Crippen molar-refractivity contribution in [2.45, 2.75) is 32.0 Å². The summed E-state index contributed by atoms with van der Waals surface area (Å²) in [5, 5.41) is 2.95. The van der Waals surface area contributed by atoms with Gasteiger partial charge in [-0.1, -0.05) is 60.7 Å². The molecule has 1 fully saturated rings. The van der Waals surface area contributed by atoms with Gasteiger partial charge in [0, 0.05) is 25.1 Å². The van der Waals surface area contributed by atoms with Gasteiger partial charge in [0.2, 0.25) is 0 Å². The number of benzene rings is 3. The van der Waals surface area contributed by atoms with E-state index in [0.29, 0.717) is 30.9 Å². The summed E-state index contributed by atoms with van der Waals surface area (Å²) in [5.74, 6) is 0.557. The number of hydrogen-bond acceptors (Lipinski definition) is 4. The van der Waals surface area contributed by atoms with Gasteiger partial charge in [0.25, 0.3) is 5.91 Å². The number of carbonyl (C=O) groups is 2. The van der Waals surface area contributed by atoms with E-state index >= 15 is 0 Å². The van der Waals surface area contributed by atoms with Crippen molar-refractivity contribution in [1.82, 2.24) is 10.2 Å². The third kappa shape index (κ3) is 6.05. The lowest BCUT2D eigenvalue weighted by atomic mass is 10.1. The van der Waals surface area contributed by atoms with Crippen LogP contribution in [0, 0.1) is 0 Å². The van der Waals surface area contributed by atoms with Crippen molar-refractivity contribution in [3.05, 3.63) is 102 Å². The Morgan fingerprint density at radius 1 is 0.906 bits per heavy atom. The minimum Gasteiger partial charge on any atom is -0.489 e. The van der Waals surface area contributed by atoms with E-state index in [2.05, 4.69) is 22.3 Å². The highest BCUT2D eigenvalue weighted by Crippen LogP contribution is 2.16. The predicted molar refractivity (Wildman–Crippen MR) is 124 cm³/mol. The average molecular weight is 429 g/mol. The molecule has 4 rings (SSSR count). The van der Waals surface area contributed by atoms with Crippen molar-refractivity contribution in [3.63, 3.8) is 0 Å². The van der Waals surface area contributed by atoms with Crippen LogP contribution in [0.5, 0.6) is 5.75 Å². The van der Waals surface area contributed by atoms with E-state index in [4.69, 9.17) is 4.74 Å². The van der Waals surface area contributed by atoms with Crippen molar-refractivity contribution >= 4 is 11.7 Å². The third-order valence-corrected chi connectivity index (χ3v) is 5.65. The monoisotopic (exact) mass is 428 g/mol. The molecule has 1 aliphatic rings. The van der Waals surface area contributed by atoms with E-state index in [1.807, 2.05) is 48.5 Å². The molecule has 0 aromatic heterocycles. The number of nitrogens with one attached hydrogen (secondary N) is 1. The summed E-state index contributed by atoms with van der Waals surface area (Å²) in [4.78, 5) is 27.6. The number of hydrogen-bond donors (Lipinski definition) is 1. The van der Waals surface area contributed by atoms with Crippen LogP contribution >= 0.6 is 0 Å². The Bertz CT molecular complexity index is 1020. The highest BCUT2D eigenvalue weighted by molar-refractivity contribution is 5.98. The smallest absolute Gasteiger partial charge is 0.251 e. The van der Waals surface area contributed by atoms with Crippen LogP contribution in [0.2, 0.25) is 0 Å². The zero-order chi connectivity index (χ0) is 22.2. The number of likely N-dealkylation sites (tertiary alicyclic amines) is 1. The van der Waals surface area contributed by atoms with Crippen LogP contribution in [0.4, 0.5) is 0 Å². The molecule has 1 saturated heterocycles. The van der Waals surface area contributed by atoms with Gasteiger partial charge < -0.3 is 10.1 Å². The molecule has 1 amide bonds. The highest BCUT2D eigenvalue weighted by Gasteiger charge is 2.26. The van der Waals surface area contributed by atoms with Gasteiger partial charge in [0.1, 0.15) is 18.4 Å². The molecule has 1 heterocycles. The van der Waals surface area contributed by atoms with E-state index in [1.54, 1.807) is 24.3 Å². The Kier molecular flexibility index (Phi) is 7.31. The summed E-state index contributed by atoms with van der Waals surface area (Å²) >= 11 is 0. The van der Waals surface area contributed by atoms with Gasteiger partial charge >= 0.3 is 0 Å². The maximum absolute atomic E-state index is 12.8. The molecule has 5 heteroatoms. The molecule has 32 heavy (non-hydrogen) atoms. The Hall–Kier alpha value is -3.44. The topological polar surface area (TPSA) is 58.6 Å². The largest absolute Gasteiger partial charge is 0.489 e. The average Bonchev–Trinajstić information content (AvgIpc) is 3.00. The second kappa shape index (κ2) is 10.7. The van der Waals surface area contributed by atoms with Crippen molar-refractivity contribution < 1.29 is 14.3 Å². The van der Waals surface area contributed by atoms with Crippen LogP contribution < -0.4 is 10.1 Å². The predicted octanol–water partition coefficient (Wildman–Crippen LogP) is 4.23. The first-order chi connectivity index (χ1) is 15.7. The molecule has 5 nitrogen and oxygen atoms in total. The molecular formula is C27H28N2O3. The Morgan fingerprint density at radius 2 is 1.56 bits per heavy atom. The van der Waals surface area contributed by atoms with Crippen LogP contribution in [-0.4, -0.2) is 35.7 Å². The van der Waals surface area contributed by atoms with Gasteiger partial charge in [0.15, 0.2) is 5.78 Å². The van der Waals surface area contributed by atoms with E-state index in [1.165, 1.54) is 5.56 Å². The van der Waals surface area contributed by atoms with E-state index in [-0.39, 0.29) is 11.7 Å².